The van der Waals surface area contributed by atoms with E-state index in [2.05, 4.69) is 0 Å². The van der Waals surface area contributed by atoms with Gasteiger partial charge in [0.2, 0.25) is 0 Å². The molecule has 122 valence electrons. The van der Waals surface area contributed by atoms with Crippen molar-refractivity contribution >= 4 is 28.6 Å². The molecule has 0 bridgehead atoms. The van der Waals surface area contributed by atoms with Gasteiger partial charge in [-0.2, -0.15) is 0 Å². The molecule has 0 aliphatic rings. The zero-order valence-corrected chi connectivity index (χ0v) is 14.6. The lowest BCUT2D eigenvalue weighted by Crippen LogP contribution is -1.93. The van der Waals surface area contributed by atoms with Gasteiger partial charge in [0, 0.05) is 27.4 Å². The molecular weight excluding hydrogens is 346 g/mol. The Labute approximate surface area is 148 Å². The van der Waals surface area contributed by atoms with Crippen molar-refractivity contribution in [1.29, 1.82) is 0 Å². The molecule has 0 aliphatic carbocycles. The third-order valence-corrected chi connectivity index (χ3v) is 4.97. The van der Waals surface area contributed by atoms with E-state index in [1.54, 1.807) is 18.2 Å². The van der Waals surface area contributed by atoms with E-state index < -0.39 is 0 Å². The monoisotopic (exact) mass is 359 g/mol. The molecule has 2 aromatic carbocycles. The second kappa shape index (κ2) is 6.63. The van der Waals surface area contributed by atoms with Crippen LogP contribution in [0.4, 0.5) is 5.69 Å². The highest BCUT2D eigenvalue weighted by Crippen LogP contribution is 2.41. The molecule has 0 radical (unpaired) electrons. The van der Waals surface area contributed by atoms with E-state index in [1.165, 1.54) is 17.4 Å². The van der Waals surface area contributed by atoms with Gasteiger partial charge in [-0.05, 0) is 43.2 Å². The SMILES string of the molecule is Cc1cc(Oc2cscc2-c2ccccc2[N+](=O)[O-])cc(C)c1Cl. The number of ether oxygens (including phenoxy) is 1. The summed E-state index contributed by atoms with van der Waals surface area (Å²) in [5.41, 5.74) is 3.16. The molecule has 0 spiro atoms. The van der Waals surface area contributed by atoms with Gasteiger partial charge < -0.3 is 4.74 Å². The van der Waals surface area contributed by atoms with Crippen molar-refractivity contribution in [2.75, 3.05) is 0 Å². The van der Waals surface area contributed by atoms with Gasteiger partial charge in [0.25, 0.3) is 5.69 Å². The van der Waals surface area contributed by atoms with E-state index in [4.69, 9.17) is 16.3 Å². The first-order valence-electron chi connectivity index (χ1n) is 7.22. The van der Waals surface area contributed by atoms with Gasteiger partial charge in [-0.3, -0.25) is 10.1 Å². The van der Waals surface area contributed by atoms with Crippen LogP contribution in [0.1, 0.15) is 11.1 Å². The average molecular weight is 360 g/mol. The molecule has 4 nitrogen and oxygen atoms in total. The molecule has 0 unspecified atom stereocenters. The molecule has 6 heteroatoms. The molecular formula is C18H14ClNO3S. The summed E-state index contributed by atoms with van der Waals surface area (Å²) in [4.78, 5) is 10.9. The minimum absolute atomic E-state index is 0.0595. The number of nitrogens with zero attached hydrogens (tertiary/aromatic N) is 1. The number of hydrogen-bond donors (Lipinski definition) is 0. The van der Waals surface area contributed by atoms with Gasteiger partial charge in [0.15, 0.2) is 0 Å². The van der Waals surface area contributed by atoms with Gasteiger partial charge in [-0.1, -0.05) is 23.7 Å². The molecule has 24 heavy (non-hydrogen) atoms. The predicted octanol–water partition coefficient (Wildman–Crippen LogP) is 6.39. The van der Waals surface area contributed by atoms with E-state index in [1.807, 2.05) is 36.7 Å². The number of nitro benzene ring substituents is 1. The number of para-hydroxylation sites is 1. The molecule has 0 aliphatic heterocycles. The largest absolute Gasteiger partial charge is 0.456 e. The fraction of sp³-hybridized carbons (Fsp3) is 0.111. The Morgan fingerprint density at radius 2 is 1.75 bits per heavy atom. The van der Waals surface area contributed by atoms with E-state index in [0.717, 1.165) is 11.1 Å². The van der Waals surface area contributed by atoms with Gasteiger partial charge >= 0.3 is 0 Å². The van der Waals surface area contributed by atoms with Gasteiger partial charge in [0.1, 0.15) is 11.5 Å². The summed E-state index contributed by atoms with van der Waals surface area (Å²) in [7, 11) is 0. The summed E-state index contributed by atoms with van der Waals surface area (Å²) in [5.74, 6) is 1.25. The Kier molecular flexibility index (Phi) is 4.55. The Morgan fingerprint density at radius 1 is 1.08 bits per heavy atom. The minimum atomic E-state index is -0.382. The van der Waals surface area contributed by atoms with Crippen molar-refractivity contribution in [2.24, 2.45) is 0 Å². The fourth-order valence-corrected chi connectivity index (χ4v) is 3.37. The molecule has 1 heterocycles. The first-order chi connectivity index (χ1) is 11.5. The van der Waals surface area contributed by atoms with Crippen LogP contribution in [0.25, 0.3) is 11.1 Å². The molecule has 0 atom stereocenters. The van der Waals surface area contributed by atoms with Crippen LogP contribution in [0.5, 0.6) is 11.5 Å². The summed E-state index contributed by atoms with van der Waals surface area (Å²) < 4.78 is 5.98. The van der Waals surface area contributed by atoms with E-state index in [9.17, 15) is 10.1 Å². The number of aryl methyl sites for hydroxylation is 2. The average Bonchev–Trinajstić information content (AvgIpc) is 3.00. The number of halogens is 1. The Balaban J connectivity index is 2.02. The minimum Gasteiger partial charge on any atom is -0.456 e. The summed E-state index contributed by atoms with van der Waals surface area (Å²) in [6.07, 6.45) is 0. The zero-order valence-electron chi connectivity index (χ0n) is 13.1. The smallest absolute Gasteiger partial charge is 0.277 e. The Bertz CT molecular complexity index is 897. The van der Waals surface area contributed by atoms with Crippen molar-refractivity contribution in [3.8, 4) is 22.6 Å². The maximum absolute atomic E-state index is 11.3. The van der Waals surface area contributed by atoms with Crippen LogP contribution in [0.2, 0.25) is 5.02 Å². The molecule has 0 amide bonds. The second-order valence-electron chi connectivity index (χ2n) is 5.40. The molecule has 0 fully saturated rings. The van der Waals surface area contributed by atoms with Crippen molar-refractivity contribution in [2.45, 2.75) is 13.8 Å². The van der Waals surface area contributed by atoms with E-state index in [0.29, 0.717) is 27.6 Å². The molecule has 1 aromatic heterocycles. The summed E-state index contributed by atoms with van der Waals surface area (Å²) in [6, 6.07) is 10.4. The Hall–Kier alpha value is -2.37. The first kappa shape index (κ1) is 16.5. The van der Waals surface area contributed by atoms with Gasteiger partial charge in [-0.15, -0.1) is 11.3 Å². The van der Waals surface area contributed by atoms with Crippen LogP contribution in [0.15, 0.2) is 47.2 Å². The normalized spacial score (nSPS) is 10.6. The van der Waals surface area contributed by atoms with E-state index >= 15 is 0 Å². The number of nitro groups is 1. The lowest BCUT2D eigenvalue weighted by atomic mass is 10.1. The standard InChI is InChI=1S/C18H14ClNO3S/c1-11-7-13(8-12(2)18(11)19)23-17-10-24-9-15(17)14-5-3-4-6-16(14)20(21)22/h3-10H,1-2H3. The summed E-state index contributed by atoms with van der Waals surface area (Å²) in [6.45, 7) is 3.83. The first-order valence-corrected chi connectivity index (χ1v) is 8.54. The Morgan fingerprint density at radius 3 is 2.42 bits per heavy atom. The van der Waals surface area contributed by atoms with Crippen LogP contribution in [-0.2, 0) is 0 Å². The molecule has 3 rings (SSSR count). The topological polar surface area (TPSA) is 52.4 Å². The van der Waals surface area contributed by atoms with Crippen LogP contribution in [-0.4, -0.2) is 4.92 Å². The second-order valence-corrected chi connectivity index (χ2v) is 6.52. The van der Waals surface area contributed by atoms with Gasteiger partial charge in [-0.25, -0.2) is 0 Å². The number of hydrogen-bond acceptors (Lipinski definition) is 4. The highest BCUT2D eigenvalue weighted by molar-refractivity contribution is 7.08. The van der Waals surface area contributed by atoms with Crippen molar-refractivity contribution < 1.29 is 9.66 Å². The van der Waals surface area contributed by atoms with Crippen molar-refractivity contribution in [3.63, 3.8) is 0 Å². The molecule has 0 saturated carbocycles. The lowest BCUT2D eigenvalue weighted by molar-refractivity contribution is -0.384. The van der Waals surface area contributed by atoms with Crippen LogP contribution in [0, 0.1) is 24.0 Å². The molecule has 0 saturated heterocycles. The third-order valence-electron chi connectivity index (χ3n) is 3.66. The zero-order chi connectivity index (χ0) is 17.3. The predicted molar refractivity (Wildman–Crippen MR) is 97.4 cm³/mol. The number of rotatable bonds is 4. The summed E-state index contributed by atoms with van der Waals surface area (Å²) >= 11 is 7.62. The highest BCUT2D eigenvalue weighted by atomic mass is 35.5. The fourth-order valence-electron chi connectivity index (χ4n) is 2.51. The maximum Gasteiger partial charge on any atom is 0.277 e. The third kappa shape index (κ3) is 3.13. The van der Waals surface area contributed by atoms with Crippen molar-refractivity contribution in [3.05, 3.63) is 73.4 Å². The van der Waals surface area contributed by atoms with Gasteiger partial charge in [0.05, 0.1) is 10.5 Å². The lowest BCUT2D eigenvalue weighted by Gasteiger charge is -2.10. The van der Waals surface area contributed by atoms with Crippen LogP contribution < -0.4 is 4.74 Å². The van der Waals surface area contributed by atoms with Crippen LogP contribution >= 0.6 is 22.9 Å². The number of thiophene rings is 1. The summed E-state index contributed by atoms with van der Waals surface area (Å²) in [5, 5.41) is 15.7. The van der Waals surface area contributed by atoms with E-state index in [-0.39, 0.29) is 10.6 Å². The molecule has 0 N–H and O–H groups in total. The maximum atomic E-state index is 11.3. The van der Waals surface area contributed by atoms with Crippen molar-refractivity contribution in [1.82, 2.24) is 0 Å². The number of benzene rings is 2. The van der Waals surface area contributed by atoms with Crippen LogP contribution in [0.3, 0.4) is 0 Å². The molecule has 3 aromatic rings. The quantitative estimate of drug-likeness (QED) is 0.400. The highest BCUT2D eigenvalue weighted by Gasteiger charge is 2.19.